The molecule has 2 heterocycles. The third-order valence-corrected chi connectivity index (χ3v) is 3.72. The van der Waals surface area contributed by atoms with E-state index in [4.69, 9.17) is 11.6 Å². The van der Waals surface area contributed by atoms with Crippen LogP contribution in [0.2, 0.25) is 5.02 Å². The summed E-state index contributed by atoms with van der Waals surface area (Å²) in [7, 11) is 0. The van der Waals surface area contributed by atoms with Crippen LogP contribution in [0.5, 0.6) is 5.75 Å². The minimum atomic E-state index is -3.22. The van der Waals surface area contributed by atoms with Crippen LogP contribution in [0.15, 0.2) is 41.1 Å². The van der Waals surface area contributed by atoms with Crippen molar-refractivity contribution >= 4 is 38.6 Å². The van der Waals surface area contributed by atoms with Crippen molar-refractivity contribution in [1.29, 1.82) is 0 Å². The van der Waals surface area contributed by atoms with E-state index in [2.05, 4.69) is 30.7 Å². The van der Waals surface area contributed by atoms with E-state index in [1.54, 1.807) is 29.1 Å². The lowest BCUT2D eigenvalue weighted by Gasteiger charge is -2.13. The molecule has 3 aromatic rings. The lowest BCUT2D eigenvalue weighted by molar-refractivity contribution is -0.158. The molecule has 0 saturated heterocycles. The van der Waals surface area contributed by atoms with Crippen molar-refractivity contribution in [3.8, 4) is 11.4 Å². The van der Waals surface area contributed by atoms with E-state index in [0.717, 1.165) is 0 Å². The first kappa shape index (κ1) is 15.2. The number of fused-ring (bicyclic) bond motifs is 1. The summed E-state index contributed by atoms with van der Waals surface area (Å²) in [6, 6.07) is 7.78. The van der Waals surface area contributed by atoms with E-state index >= 15 is 0 Å². The van der Waals surface area contributed by atoms with Gasteiger partial charge in [0.15, 0.2) is 5.65 Å². The van der Waals surface area contributed by atoms with Crippen LogP contribution in [0, 0.1) is 0 Å². The van der Waals surface area contributed by atoms with Gasteiger partial charge in [0.1, 0.15) is 10.4 Å². The van der Waals surface area contributed by atoms with Gasteiger partial charge in [-0.1, -0.05) is 11.6 Å². The first-order valence-corrected chi connectivity index (χ1v) is 7.38. The molecule has 0 N–H and O–H groups in total. The van der Waals surface area contributed by atoms with Gasteiger partial charge in [-0.15, -0.1) is 0 Å². The number of hydrogen-bond donors (Lipinski definition) is 0. The number of benzene rings is 1. The summed E-state index contributed by atoms with van der Waals surface area (Å²) < 4.78 is 32.3. The first-order chi connectivity index (χ1) is 10.3. The molecule has 0 radical (unpaired) electrons. The number of halogens is 4. The molecule has 0 unspecified atom stereocenters. The van der Waals surface area contributed by atoms with Gasteiger partial charge >= 0.3 is 6.11 Å². The highest BCUT2D eigenvalue weighted by atomic mass is 79.9. The van der Waals surface area contributed by atoms with E-state index in [0.29, 0.717) is 33.3 Å². The first-order valence-electron chi connectivity index (χ1n) is 6.21. The van der Waals surface area contributed by atoms with Gasteiger partial charge in [0.05, 0.1) is 16.1 Å². The van der Waals surface area contributed by atoms with E-state index in [-0.39, 0.29) is 5.75 Å². The third-order valence-electron chi connectivity index (χ3n) is 2.85. The number of aromatic nitrogens is 3. The molecule has 0 amide bonds. The predicted molar refractivity (Wildman–Crippen MR) is 82.8 cm³/mol. The second-order valence-electron chi connectivity index (χ2n) is 4.60. The third kappa shape index (κ3) is 2.91. The van der Waals surface area contributed by atoms with E-state index in [9.17, 15) is 8.78 Å². The maximum Gasteiger partial charge on any atom is 0.394 e. The molecule has 114 valence electrons. The molecule has 0 bridgehead atoms. The molecule has 0 aliphatic carbocycles. The Morgan fingerprint density at radius 3 is 2.55 bits per heavy atom. The van der Waals surface area contributed by atoms with Crippen molar-refractivity contribution in [3.05, 3.63) is 46.2 Å². The Kier molecular flexibility index (Phi) is 3.78. The Morgan fingerprint density at radius 2 is 1.91 bits per heavy atom. The van der Waals surface area contributed by atoms with Gasteiger partial charge in [-0.25, -0.2) is 9.67 Å². The van der Waals surface area contributed by atoms with Crippen LogP contribution in [-0.4, -0.2) is 20.9 Å². The van der Waals surface area contributed by atoms with Crippen LogP contribution in [0.3, 0.4) is 0 Å². The summed E-state index contributed by atoms with van der Waals surface area (Å²) in [5.74, 6) is 0.0674. The van der Waals surface area contributed by atoms with Gasteiger partial charge in [-0.3, -0.25) is 0 Å². The fourth-order valence-electron chi connectivity index (χ4n) is 2.01. The SMILES string of the molecule is CC(F)(F)Oc1ccc(-n2nc(Br)c3c(Cl)ccnc32)cc1. The highest BCUT2D eigenvalue weighted by molar-refractivity contribution is 9.10. The minimum Gasteiger partial charge on any atom is -0.433 e. The van der Waals surface area contributed by atoms with Crippen LogP contribution < -0.4 is 4.74 Å². The van der Waals surface area contributed by atoms with Crippen molar-refractivity contribution in [3.63, 3.8) is 0 Å². The summed E-state index contributed by atoms with van der Waals surface area (Å²) in [6.07, 6.45) is -1.65. The zero-order valence-corrected chi connectivity index (χ0v) is 13.6. The fraction of sp³-hybridized carbons (Fsp3) is 0.143. The highest BCUT2D eigenvalue weighted by Gasteiger charge is 2.23. The molecule has 0 aliphatic heterocycles. The Hall–Kier alpha value is -1.73. The Balaban J connectivity index is 2.03. The van der Waals surface area contributed by atoms with Gasteiger partial charge in [0.25, 0.3) is 0 Å². The van der Waals surface area contributed by atoms with Gasteiger partial charge < -0.3 is 4.74 Å². The molecule has 22 heavy (non-hydrogen) atoms. The molecular weight excluding hydrogens is 380 g/mol. The largest absolute Gasteiger partial charge is 0.433 e. The standard InChI is InChI=1S/C14H9BrClF2N3O/c1-14(17,18)22-9-4-2-8(3-5-9)21-13-11(12(15)20-21)10(16)6-7-19-13/h2-7H,1H3. The number of pyridine rings is 1. The molecule has 0 atom stereocenters. The molecule has 2 aromatic heterocycles. The number of nitrogens with zero attached hydrogens (tertiary/aromatic N) is 3. The molecule has 4 nitrogen and oxygen atoms in total. The molecule has 0 spiro atoms. The summed E-state index contributed by atoms with van der Waals surface area (Å²) in [6.45, 7) is 0.685. The monoisotopic (exact) mass is 387 g/mol. The summed E-state index contributed by atoms with van der Waals surface area (Å²) in [4.78, 5) is 4.26. The zero-order valence-electron chi connectivity index (χ0n) is 11.2. The Bertz CT molecular complexity index is 830. The van der Waals surface area contributed by atoms with Crippen molar-refractivity contribution in [1.82, 2.24) is 14.8 Å². The number of alkyl halides is 2. The Morgan fingerprint density at radius 1 is 1.23 bits per heavy atom. The molecule has 1 aromatic carbocycles. The summed E-state index contributed by atoms with van der Waals surface area (Å²) in [5, 5.41) is 5.53. The van der Waals surface area contributed by atoms with Crippen molar-refractivity contribution < 1.29 is 13.5 Å². The van der Waals surface area contributed by atoms with Crippen LogP contribution in [0.25, 0.3) is 16.7 Å². The van der Waals surface area contributed by atoms with Crippen LogP contribution in [0.4, 0.5) is 8.78 Å². The van der Waals surface area contributed by atoms with E-state index in [1.807, 2.05) is 0 Å². The average Bonchev–Trinajstić information content (AvgIpc) is 2.77. The normalized spacial score (nSPS) is 11.9. The minimum absolute atomic E-state index is 0.0674. The number of hydrogen-bond acceptors (Lipinski definition) is 3. The number of ether oxygens (including phenoxy) is 1. The lowest BCUT2D eigenvalue weighted by Crippen LogP contribution is -2.19. The van der Waals surface area contributed by atoms with Crippen LogP contribution in [-0.2, 0) is 0 Å². The smallest absolute Gasteiger partial charge is 0.394 e. The lowest BCUT2D eigenvalue weighted by atomic mass is 10.3. The number of rotatable bonds is 3. The van der Waals surface area contributed by atoms with Crippen molar-refractivity contribution in [2.24, 2.45) is 0 Å². The Labute approximate surface area is 137 Å². The zero-order chi connectivity index (χ0) is 15.9. The summed E-state index contributed by atoms with van der Waals surface area (Å²) in [5.41, 5.74) is 1.21. The quantitative estimate of drug-likeness (QED) is 0.645. The fourth-order valence-corrected chi connectivity index (χ4v) is 2.90. The second kappa shape index (κ2) is 5.48. The molecule has 8 heteroatoms. The molecule has 0 fully saturated rings. The predicted octanol–water partition coefficient (Wildman–Crippen LogP) is 4.83. The average molecular weight is 389 g/mol. The topological polar surface area (TPSA) is 39.9 Å². The van der Waals surface area contributed by atoms with Crippen molar-refractivity contribution in [2.45, 2.75) is 13.0 Å². The maximum absolute atomic E-state index is 12.8. The van der Waals surface area contributed by atoms with E-state index in [1.165, 1.54) is 12.1 Å². The van der Waals surface area contributed by atoms with Crippen LogP contribution >= 0.6 is 27.5 Å². The highest BCUT2D eigenvalue weighted by Crippen LogP contribution is 2.31. The van der Waals surface area contributed by atoms with Gasteiger partial charge in [0.2, 0.25) is 0 Å². The summed E-state index contributed by atoms with van der Waals surface area (Å²) >= 11 is 9.47. The molecule has 0 saturated carbocycles. The van der Waals surface area contributed by atoms with Crippen LogP contribution in [0.1, 0.15) is 6.92 Å². The van der Waals surface area contributed by atoms with Gasteiger partial charge in [0, 0.05) is 13.1 Å². The van der Waals surface area contributed by atoms with E-state index < -0.39 is 6.11 Å². The second-order valence-corrected chi connectivity index (χ2v) is 5.76. The van der Waals surface area contributed by atoms with Crippen molar-refractivity contribution in [2.75, 3.05) is 0 Å². The molecular formula is C14H9BrClF2N3O. The maximum atomic E-state index is 12.8. The molecule has 0 aliphatic rings. The van der Waals surface area contributed by atoms with Gasteiger partial charge in [-0.2, -0.15) is 13.9 Å². The molecule has 3 rings (SSSR count). The van der Waals surface area contributed by atoms with Gasteiger partial charge in [-0.05, 0) is 46.3 Å².